The van der Waals surface area contributed by atoms with Gasteiger partial charge in [0.25, 0.3) is 11.8 Å². The molecule has 2 amide bonds. The molecule has 1 heterocycles. The number of carbonyl (C=O) groups is 3. The second-order valence-corrected chi connectivity index (χ2v) is 4.32. The largest absolute Gasteiger partial charge is 0.482 e. The number of amides is 2. The maximum absolute atomic E-state index is 12.0. The fraction of sp³-hybridized carbons (Fsp3) is 0.308. The SMILES string of the molecule is CCC(NC(=O)c1ccc2c(c1)OCC(=O)N2)C(=O)O. The minimum atomic E-state index is -1.08. The van der Waals surface area contributed by atoms with Gasteiger partial charge in [-0.2, -0.15) is 0 Å². The summed E-state index contributed by atoms with van der Waals surface area (Å²) in [5.74, 6) is -1.45. The second-order valence-electron chi connectivity index (χ2n) is 4.32. The molecule has 0 radical (unpaired) electrons. The molecular formula is C13H14N2O5. The van der Waals surface area contributed by atoms with Crippen molar-refractivity contribution in [3.63, 3.8) is 0 Å². The highest BCUT2D eigenvalue weighted by molar-refractivity contribution is 6.00. The Morgan fingerprint density at radius 1 is 1.50 bits per heavy atom. The number of aliphatic carboxylic acids is 1. The van der Waals surface area contributed by atoms with Crippen LogP contribution < -0.4 is 15.4 Å². The number of carboxylic acid groups (broad SMARTS) is 1. The van der Waals surface area contributed by atoms with Crippen molar-refractivity contribution in [2.45, 2.75) is 19.4 Å². The zero-order valence-electron chi connectivity index (χ0n) is 10.8. The summed E-state index contributed by atoms with van der Waals surface area (Å²) in [4.78, 5) is 34.0. The zero-order valence-corrected chi connectivity index (χ0v) is 10.8. The van der Waals surface area contributed by atoms with Crippen molar-refractivity contribution in [2.75, 3.05) is 11.9 Å². The molecule has 0 fully saturated rings. The molecule has 1 atom stereocenters. The molecule has 1 aliphatic heterocycles. The first kappa shape index (κ1) is 13.9. The molecule has 0 aliphatic carbocycles. The Hall–Kier alpha value is -2.57. The van der Waals surface area contributed by atoms with E-state index in [0.717, 1.165) is 0 Å². The van der Waals surface area contributed by atoms with E-state index in [4.69, 9.17) is 9.84 Å². The predicted molar refractivity (Wildman–Crippen MR) is 69.7 cm³/mol. The van der Waals surface area contributed by atoms with Crippen molar-refractivity contribution in [3.8, 4) is 5.75 Å². The van der Waals surface area contributed by atoms with Crippen LogP contribution in [0.15, 0.2) is 18.2 Å². The first-order chi connectivity index (χ1) is 9.51. The molecule has 1 aromatic rings. The van der Waals surface area contributed by atoms with Crippen LogP contribution in [0.25, 0.3) is 0 Å². The summed E-state index contributed by atoms with van der Waals surface area (Å²) in [6, 6.07) is 3.58. The van der Waals surface area contributed by atoms with Gasteiger partial charge in [0.05, 0.1) is 5.69 Å². The van der Waals surface area contributed by atoms with E-state index >= 15 is 0 Å². The Balaban J connectivity index is 2.15. The van der Waals surface area contributed by atoms with Crippen molar-refractivity contribution >= 4 is 23.5 Å². The quantitative estimate of drug-likeness (QED) is 0.748. The Kier molecular flexibility index (Phi) is 3.88. The standard InChI is InChI=1S/C13H14N2O5/c1-2-8(13(18)19)15-12(17)7-3-4-9-10(5-7)20-6-11(16)14-9/h3-5,8H,2,6H2,1H3,(H,14,16)(H,15,17)(H,18,19). The van der Waals surface area contributed by atoms with Crippen LogP contribution in [0.3, 0.4) is 0 Å². The smallest absolute Gasteiger partial charge is 0.326 e. The fourth-order valence-corrected chi connectivity index (χ4v) is 1.80. The number of rotatable bonds is 4. The lowest BCUT2D eigenvalue weighted by molar-refractivity contribution is -0.139. The topological polar surface area (TPSA) is 105 Å². The van der Waals surface area contributed by atoms with E-state index in [0.29, 0.717) is 17.9 Å². The maximum atomic E-state index is 12.0. The molecule has 2 rings (SSSR count). The van der Waals surface area contributed by atoms with Gasteiger partial charge in [-0.25, -0.2) is 4.79 Å². The molecule has 0 saturated carbocycles. The van der Waals surface area contributed by atoms with Gasteiger partial charge in [-0.3, -0.25) is 9.59 Å². The number of carboxylic acids is 1. The van der Waals surface area contributed by atoms with Crippen LogP contribution in [0.5, 0.6) is 5.75 Å². The molecule has 1 aromatic carbocycles. The van der Waals surface area contributed by atoms with Gasteiger partial charge in [-0.1, -0.05) is 6.92 Å². The number of nitrogens with one attached hydrogen (secondary N) is 2. The van der Waals surface area contributed by atoms with Crippen molar-refractivity contribution < 1.29 is 24.2 Å². The first-order valence-corrected chi connectivity index (χ1v) is 6.11. The number of fused-ring (bicyclic) bond motifs is 1. The van der Waals surface area contributed by atoms with Crippen molar-refractivity contribution in [1.82, 2.24) is 5.32 Å². The van der Waals surface area contributed by atoms with Crippen LogP contribution in [0.4, 0.5) is 5.69 Å². The highest BCUT2D eigenvalue weighted by atomic mass is 16.5. The summed E-state index contributed by atoms with van der Waals surface area (Å²) < 4.78 is 5.20. The molecule has 1 aliphatic rings. The third-order valence-electron chi connectivity index (χ3n) is 2.89. The fourth-order valence-electron chi connectivity index (χ4n) is 1.80. The predicted octanol–water partition coefficient (Wildman–Crippen LogP) is 0.610. The van der Waals surface area contributed by atoms with Crippen LogP contribution in [-0.4, -0.2) is 35.5 Å². The van der Waals surface area contributed by atoms with E-state index in [9.17, 15) is 14.4 Å². The van der Waals surface area contributed by atoms with Crippen molar-refractivity contribution in [2.24, 2.45) is 0 Å². The van der Waals surface area contributed by atoms with Gasteiger partial charge < -0.3 is 20.5 Å². The van der Waals surface area contributed by atoms with Gasteiger partial charge >= 0.3 is 5.97 Å². The molecule has 7 nitrogen and oxygen atoms in total. The average Bonchev–Trinajstić information content (AvgIpc) is 2.43. The number of hydrogen-bond donors (Lipinski definition) is 3. The molecule has 20 heavy (non-hydrogen) atoms. The summed E-state index contributed by atoms with van der Waals surface area (Å²) in [6.45, 7) is 1.56. The third-order valence-corrected chi connectivity index (χ3v) is 2.89. The van der Waals surface area contributed by atoms with E-state index in [1.807, 2.05) is 0 Å². The van der Waals surface area contributed by atoms with Gasteiger partial charge in [0, 0.05) is 5.56 Å². The average molecular weight is 278 g/mol. The van der Waals surface area contributed by atoms with Gasteiger partial charge in [-0.05, 0) is 24.6 Å². The van der Waals surface area contributed by atoms with Crippen molar-refractivity contribution in [1.29, 1.82) is 0 Å². The number of carbonyl (C=O) groups excluding carboxylic acids is 2. The number of ether oxygens (including phenoxy) is 1. The molecule has 3 N–H and O–H groups in total. The molecule has 7 heteroatoms. The lowest BCUT2D eigenvalue weighted by Crippen LogP contribution is -2.40. The Bertz CT molecular complexity index is 570. The van der Waals surface area contributed by atoms with Gasteiger partial charge in [0.1, 0.15) is 11.8 Å². The Morgan fingerprint density at radius 3 is 2.90 bits per heavy atom. The number of anilines is 1. The lowest BCUT2D eigenvalue weighted by Gasteiger charge is -2.19. The summed E-state index contributed by atoms with van der Waals surface area (Å²) in [6.07, 6.45) is 0.290. The molecule has 0 bridgehead atoms. The van der Waals surface area contributed by atoms with Gasteiger partial charge in [-0.15, -0.1) is 0 Å². The summed E-state index contributed by atoms with van der Waals surface area (Å²) >= 11 is 0. The number of benzene rings is 1. The van der Waals surface area contributed by atoms with E-state index in [-0.39, 0.29) is 18.1 Å². The van der Waals surface area contributed by atoms with Crippen molar-refractivity contribution in [3.05, 3.63) is 23.8 Å². The minimum absolute atomic E-state index is 0.106. The van der Waals surface area contributed by atoms with E-state index < -0.39 is 17.9 Å². The van der Waals surface area contributed by atoms with Crippen LogP contribution in [-0.2, 0) is 9.59 Å². The Morgan fingerprint density at radius 2 is 2.25 bits per heavy atom. The van der Waals surface area contributed by atoms with E-state index in [1.54, 1.807) is 13.0 Å². The van der Waals surface area contributed by atoms with Crippen LogP contribution in [0.1, 0.15) is 23.7 Å². The Labute approximate surface area is 114 Å². The zero-order chi connectivity index (χ0) is 14.7. The summed E-state index contributed by atoms with van der Waals surface area (Å²) in [7, 11) is 0. The normalized spacial score (nSPS) is 14.6. The van der Waals surface area contributed by atoms with E-state index in [2.05, 4.69) is 10.6 Å². The molecule has 1 unspecified atom stereocenters. The summed E-state index contributed by atoms with van der Waals surface area (Å²) in [5.41, 5.74) is 0.766. The van der Waals surface area contributed by atoms with Crippen LogP contribution in [0, 0.1) is 0 Å². The summed E-state index contributed by atoms with van der Waals surface area (Å²) in [5, 5.41) is 13.9. The second kappa shape index (κ2) is 5.60. The number of hydrogen-bond acceptors (Lipinski definition) is 4. The van der Waals surface area contributed by atoms with Gasteiger partial charge in [0.2, 0.25) is 0 Å². The minimum Gasteiger partial charge on any atom is -0.482 e. The highest BCUT2D eigenvalue weighted by Gasteiger charge is 2.21. The monoisotopic (exact) mass is 278 g/mol. The molecule has 0 aromatic heterocycles. The van der Waals surface area contributed by atoms with Crippen LogP contribution in [0.2, 0.25) is 0 Å². The molecule has 106 valence electrons. The molecular weight excluding hydrogens is 264 g/mol. The van der Waals surface area contributed by atoms with Crippen LogP contribution >= 0.6 is 0 Å². The van der Waals surface area contributed by atoms with E-state index in [1.165, 1.54) is 12.1 Å². The molecule has 0 spiro atoms. The first-order valence-electron chi connectivity index (χ1n) is 6.11. The third kappa shape index (κ3) is 2.87. The maximum Gasteiger partial charge on any atom is 0.326 e. The molecule has 0 saturated heterocycles. The van der Waals surface area contributed by atoms with Gasteiger partial charge in [0.15, 0.2) is 6.61 Å². The highest BCUT2D eigenvalue weighted by Crippen LogP contribution is 2.28. The lowest BCUT2D eigenvalue weighted by atomic mass is 10.1.